The zero-order valence-electron chi connectivity index (χ0n) is 7.13. The fourth-order valence-corrected chi connectivity index (χ4v) is 1.76. The van der Waals surface area contributed by atoms with Gasteiger partial charge in [0.25, 0.3) is 0 Å². The van der Waals surface area contributed by atoms with Crippen LogP contribution < -0.4 is 0 Å². The summed E-state index contributed by atoms with van der Waals surface area (Å²) in [7, 11) is 0. The molecule has 0 aliphatic rings. The summed E-state index contributed by atoms with van der Waals surface area (Å²) in [6.45, 7) is 4.12. The van der Waals surface area contributed by atoms with E-state index in [-0.39, 0.29) is 0 Å². The maximum Gasteiger partial charge on any atom is 0.0653 e. The number of fused-ring (bicyclic) bond motifs is 1. The number of aryl methyl sites for hydroxylation is 1. The predicted molar refractivity (Wildman–Crippen MR) is 52.7 cm³/mol. The Bertz CT molecular complexity index is 390. The minimum Gasteiger partial charge on any atom is -0.257 e. The molecule has 0 bridgehead atoms. The smallest absolute Gasteiger partial charge is 0.0653 e. The number of hydrogen-bond donors (Lipinski definition) is 0. The third kappa shape index (κ3) is 0.864. The van der Waals surface area contributed by atoms with E-state index in [1.807, 2.05) is 25.1 Å². The SMILES string of the molecule is Cc1c(C)n(Cl)c2ccccc12. The standard InChI is InChI=1S/C10H10ClN/c1-7-8(2)12(11)10-6-4-3-5-9(7)10/h3-6H,1-2H3. The molecule has 2 aromatic rings. The summed E-state index contributed by atoms with van der Waals surface area (Å²) in [5.74, 6) is 0. The first-order chi connectivity index (χ1) is 5.72. The molecule has 2 rings (SSSR count). The Morgan fingerprint density at radius 1 is 1.17 bits per heavy atom. The second-order valence-electron chi connectivity index (χ2n) is 3.01. The number of benzene rings is 1. The van der Waals surface area contributed by atoms with Crippen LogP contribution in [0.2, 0.25) is 0 Å². The molecule has 0 spiro atoms. The van der Waals surface area contributed by atoms with Crippen molar-refractivity contribution in [3.63, 3.8) is 0 Å². The van der Waals surface area contributed by atoms with Gasteiger partial charge in [-0.2, -0.15) is 0 Å². The van der Waals surface area contributed by atoms with E-state index in [2.05, 4.69) is 13.0 Å². The first-order valence-corrected chi connectivity index (χ1v) is 4.28. The van der Waals surface area contributed by atoms with Crippen LogP contribution in [-0.2, 0) is 0 Å². The van der Waals surface area contributed by atoms with E-state index in [1.54, 1.807) is 4.09 Å². The molecule has 0 aliphatic carbocycles. The summed E-state index contributed by atoms with van der Waals surface area (Å²) in [4.78, 5) is 0. The molecule has 1 heterocycles. The van der Waals surface area contributed by atoms with E-state index in [9.17, 15) is 0 Å². The zero-order chi connectivity index (χ0) is 8.72. The van der Waals surface area contributed by atoms with Crippen molar-refractivity contribution in [1.29, 1.82) is 0 Å². The lowest BCUT2D eigenvalue weighted by Gasteiger charge is -1.92. The third-order valence-electron chi connectivity index (χ3n) is 2.36. The Balaban J connectivity index is 2.99. The number of hydrogen-bond acceptors (Lipinski definition) is 0. The molecule has 1 aromatic carbocycles. The molecule has 1 aromatic heterocycles. The molecule has 0 fully saturated rings. The van der Waals surface area contributed by atoms with Crippen LogP contribution >= 0.6 is 11.8 Å². The van der Waals surface area contributed by atoms with Crippen LogP contribution in [0.15, 0.2) is 24.3 Å². The van der Waals surface area contributed by atoms with Gasteiger partial charge < -0.3 is 0 Å². The van der Waals surface area contributed by atoms with Gasteiger partial charge >= 0.3 is 0 Å². The van der Waals surface area contributed by atoms with Gasteiger partial charge in [0, 0.05) is 22.9 Å². The molecule has 62 valence electrons. The van der Waals surface area contributed by atoms with Crippen molar-refractivity contribution in [2.24, 2.45) is 0 Å². The molecule has 0 unspecified atom stereocenters. The van der Waals surface area contributed by atoms with Crippen molar-refractivity contribution in [1.82, 2.24) is 4.09 Å². The lowest BCUT2D eigenvalue weighted by atomic mass is 10.2. The average Bonchev–Trinajstić information content (AvgIpc) is 2.33. The molecule has 0 saturated heterocycles. The molecule has 1 nitrogen and oxygen atoms in total. The third-order valence-corrected chi connectivity index (χ3v) is 2.79. The molecule has 0 radical (unpaired) electrons. The van der Waals surface area contributed by atoms with Crippen molar-refractivity contribution in [2.75, 3.05) is 0 Å². The first-order valence-electron chi connectivity index (χ1n) is 3.94. The second-order valence-corrected chi connectivity index (χ2v) is 3.35. The van der Waals surface area contributed by atoms with Gasteiger partial charge in [0.05, 0.1) is 5.52 Å². The molecular formula is C10H10ClN. The normalized spacial score (nSPS) is 10.9. The fourth-order valence-electron chi connectivity index (χ4n) is 1.48. The van der Waals surface area contributed by atoms with Gasteiger partial charge in [-0.25, -0.2) is 0 Å². The lowest BCUT2D eigenvalue weighted by molar-refractivity contribution is 1.17. The van der Waals surface area contributed by atoms with E-state index in [0.717, 1.165) is 11.2 Å². The lowest BCUT2D eigenvalue weighted by Crippen LogP contribution is -1.81. The van der Waals surface area contributed by atoms with Crippen LogP contribution in [0.1, 0.15) is 11.3 Å². The molecule has 0 amide bonds. The summed E-state index contributed by atoms with van der Waals surface area (Å²) in [5.41, 5.74) is 3.48. The van der Waals surface area contributed by atoms with E-state index in [4.69, 9.17) is 11.8 Å². The molecule has 2 heteroatoms. The maximum atomic E-state index is 6.06. The maximum absolute atomic E-state index is 6.06. The number of halogens is 1. The highest BCUT2D eigenvalue weighted by atomic mass is 35.5. The highest BCUT2D eigenvalue weighted by Crippen LogP contribution is 2.25. The fraction of sp³-hybridized carbons (Fsp3) is 0.200. The Morgan fingerprint density at radius 3 is 2.50 bits per heavy atom. The van der Waals surface area contributed by atoms with Gasteiger partial charge in [-0.15, -0.1) is 0 Å². The van der Waals surface area contributed by atoms with Crippen molar-refractivity contribution < 1.29 is 0 Å². The van der Waals surface area contributed by atoms with Gasteiger partial charge in [-0.05, 0) is 25.5 Å². The van der Waals surface area contributed by atoms with Crippen LogP contribution in [0.5, 0.6) is 0 Å². The van der Waals surface area contributed by atoms with Gasteiger partial charge in [0.2, 0.25) is 0 Å². The van der Waals surface area contributed by atoms with Crippen molar-refractivity contribution in [3.8, 4) is 0 Å². The Kier molecular flexibility index (Phi) is 1.62. The number of nitrogens with zero attached hydrogens (tertiary/aromatic N) is 1. The Hall–Kier alpha value is -0.950. The molecule has 0 saturated carbocycles. The van der Waals surface area contributed by atoms with E-state index >= 15 is 0 Å². The summed E-state index contributed by atoms with van der Waals surface area (Å²) in [6, 6.07) is 8.16. The van der Waals surface area contributed by atoms with Crippen molar-refractivity contribution in [2.45, 2.75) is 13.8 Å². The summed E-state index contributed by atoms with van der Waals surface area (Å²) in [5, 5.41) is 1.24. The average molecular weight is 180 g/mol. The van der Waals surface area contributed by atoms with E-state index < -0.39 is 0 Å². The van der Waals surface area contributed by atoms with Crippen LogP contribution in [0.3, 0.4) is 0 Å². The van der Waals surface area contributed by atoms with Crippen LogP contribution in [0, 0.1) is 13.8 Å². The summed E-state index contributed by atoms with van der Waals surface area (Å²) in [6.07, 6.45) is 0. The predicted octanol–water partition coefficient (Wildman–Crippen LogP) is 3.26. The molecule has 0 N–H and O–H groups in total. The van der Waals surface area contributed by atoms with Gasteiger partial charge in [0.1, 0.15) is 0 Å². The largest absolute Gasteiger partial charge is 0.257 e. The molecule has 12 heavy (non-hydrogen) atoms. The van der Waals surface area contributed by atoms with Crippen LogP contribution in [-0.4, -0.2) is 4.09 Å². The molecule has 0 atom stereocenters. The summed E-state index contributed by atoms with van der Waals surface area (Å²) >= 11 is 6.06. The quantitative estimate of drug-likeness (QED) is 0.585. The topological polar surface area (TPSA) is 4.93 Å². The molecular weight excluding hydrogens is 170 g/mol. The van der Waals surface area contributed by atoms with Crippen LogP contribution in [0.4, 0.5) is 0 Å². The minimum atomic E-state index is 1.09. The highest BCUT2D eigenvalue weighted by molar-refractivity contribution is 6.20. The van der Waals surface area contributed by atoms with Crippen molar-refractivity contribution in [3.05, 3.63) is 35.5 Å². The first kappa shape index (κ1) is 7.69. The summed E-state index contributed by atoms with van der Waals surface area (Å²) < 4.78 is 1.71. The van der Waals surface area contributed by atoms with E-state index in [0.29, 0.717) is 0 Å². The van der Waals surface area contributed by atoms with Crippen LogP contribution in [0.25, 0.3) is 10.9 Å². The zero-order valence-corrected chi connectivity index (χ0v) is 7.89. The van der Waals surface area contributed by atoms with Gasteiger partial charge in [-0.3, -0.25) is 4.09 Å². The number of para-hydroxylation sites is 1. The highest BCUT2D eigenvalue weighted by Gasteiger charge is 2.07. The van der Waals surface area contributed by atoms with Gasteiger partial charge in [-0.1, -0.05) is 18.2 Å². The minimum absolute atomic E-state index is 1.09. The number of aromatic nitrogens is 1. The van der Waals surface area contributed by atoms with Crippen molar-refractivity contribution >= 4 is 22.7 Å². The van der Waals surface area contributed by atoms with Gasteiger partial charge in [0.15, 0.2) is 0 Å². The Morgan fingerprint density at radius 2 is 1.83 bits per heavy atom. The second kappa shape index (κ2) is 2.53. The monoisotopic (exact) mass is 179 g/mol. The number of rotatable bonds is 0. The Labute approximate surface area is 76.7 Å². The molecule has 0 aliphatic heterocycles. The van der Waals surface area contributed by atoms with E-state index in [1.165, 1.54) is 10.9 Å².